The number of amides is 1. The molecule has 1 amide bonds. The molecule has 0 saturated carbocycles. The van der Waals surface area contributed by atoms with Crippen molar-refractivity contribution in [2.75, 3.05) is 32.5 Å². The second-order valence-corrected chi connectivity index (χ2v) is 5.23. The molecule has 0 bridgehead atoms. The van der Waals surface area contributed by atoms with Crippen LogP contribution in [0.15, 0.2) is 18.2 Å². The summed E-state index contributed by atoms with van der Waals surface area (Å²) >= 11 is 0. The third kappa shape index (κ3) is 4.04. The summed E-state index contributed by atoms with van der Waals surface area (Å²) in [6, 6.07) is 6.37. The zero-order valence-corrected chi connectivity index (χ0v) is 11.8. The number of hydrogen-bond acceptors (Lipinski definition) is 3. The van der Waals surface area contributed by atoms with E-state index in [1.165, 1.54) is 11.1 Å². The topological polar surface area (TPSA) is 44.4 Å². The number of hydrogen-bond donors (Lipinski definition) is 2. The van der Waals surface area contributed by atoms with Crippen LogP contribution in [0.2, 0.25) is 0 Å². The molecule has 2 rings (SSSR count). The average Bonchev–Trinajstić information content (AvgIpc) is 2.39. The smallest absolute Gasteiger partial charge is 0.224 e. The van der Waals surface area contributed by atoms with E-state index in [1.807, 2.05) is 13.1 Å². The number of benzene rings is 1. The van der Waals surface area contributed by atoms with Crippen LogP contribution >= 0.6 is 0 Å². The van der Waals surface area contributed by atoms with Gasteiger partial charge in [-0.2, -0.15) is 0 Å². The second-order valence-electron chi connectivity index (χ2n) is 5.23. The van der Waals surface area contributed by atoms with Gasteiger partial charge in [-0.05, 0) is 57.2 Å². The van der Waals surface area contributed by atoms with E-state index in [0.29, 0.717) is 6.42 Å². The van der Waals surface area contributed by atoms with E-state index >= 15 is 0 Å². The molecule has 0 aromatic heterocycles. The van der Waals surface area contributed by atoms with Crippen molar-refractivity contribution in [2.24, 2.45) is 0 Å². The van der Waals surface area contributed by atoms with Gasteiger partial charge in [0.15, 0.2) is 0 Å². The fraction of sp³-hybridized carbons (Fsp3) is 0.533. The van der Waals surface area contributed by atoms with Crippen molar-refractivity contribution in [2.45, 2.75) is 25.8 Å². The highest BCUT2D eigenvalue weighted by molar-refractivity contribution is 5.93. The first-order valence-corrected chi connectivity index (χ1v) is 6.94. The van der Waals surface area contributed by atoms with Gasteiger partial charge in [-0.3, -0.25) is 4.79 Å². The monoisotopic (exact) mass is 261 g/mol. The van der Waals surface area contributed by atoms with Crippen LogP contribution in [0.1, 0.15) is 24.0 Å². The lowest BCUT2D eigenvalue weighted by Gasteiger charge is -2.20. The fourth-order valence-electron chi connectivity index (χ4n) is 2.45. The highest BCUT2D eigenvalue weighted by Crippen LogP contribution is 2.23. The highest BCUT2D eigenvalue weighted by atomic mass is 16.1. The van der Waals surface area contributed by atoms with E-state index in [-0.39, 0.29) is 5.91 Å². The van der Waals surface area contributed by atoms with Crippen LogP contribution in [0.4, 0.5) is 5.69 Å². The number of rotatable bonds is 6. The van der Waals surface area contributed by atoms with Gasteiger partial charge in [0.1, 0.15) is 0 Å². The number of fused-ring (bicyclic) bond motifs is 1. The van der Waals surface area contributed by atoms with Crippen LogP contribution in [-0.4, -0.2) is 38.0 Å². The minimum absolute atomic E-state index is 0.129. The molecule has 4 nitrogen and oxygen atoms in total. The third-order valence-electron chi connectivity index (χ3n) is 3.48. The van der Waals surface area contributed by atoms with Gasteiger partial charge in [-0.25, -0.2) is 0 Å². The lowest BCUT2D eigenvalue weighted by Crippen LogP contribution is -2.23. The maximum absolute atomic E-state index is 11.3. The lowest BCUT2D eigenvalue weighted by molar-refractivity contribution is -0.116. The van der Waals surface area contributed by atoms with E-state index < -0.39 is 0 Å². The number of nitrogens with zero attached hydrogens (tertiary/aromatic N) is 1. The molecule has 0 spiro atoms. The Labute approximate surface area is 115 Å². The Morgan fingerprint density at radius 3 is 3.00 bits per heavy atom. The van der Waals surface area contributed by atoms with Crippen molar-refractivity contribution in [3.63, 3.8) is 0 Å². The van der Waals surface area contributed by atoms with Gasteiger partial charge < -0.3 is 15.5 Å². The quantitative estimate of drug-likeness (QED) is 0.765. The van der Waals surface area contributed by atoms with Crippen molar-refractivity contribution < 1.29 is 4.79 Å². The van der Waals surface area contributed by atoms with Crippen LogP contribution < -0.4 is 10.6 Å². The minimum atomic E-state index is 0.129. The minimum Gasteiger partial charge on any atom is -0.326 e. The molecule has 0 radical (unpaired) electrons. The van der Waals surface area contributed by atoms with Crippen LogP contribution in [-0.2, 0) is 17.8 Å². The molecule has 104 valence electrons. The molecule has 1 aromatic rings. The molecule has 1 aliphatic rings. The van der Waals surface area contributed by atoms with Gasteiger partial charge in [0.05, 0.1) is 0 Å². The first-order chi connectivity index (χ1) is 9.19. The van der Waals surface area contributed by atoms with Gasteiger partial charge in [-0.15, -0.1) is 0 Å². The molecule has 4 heteroatoms. The Morgan fingerprint density at radius 1 is 1.37 bits per heavy atom. The second kappa shape index (κ2) is 6.68. The summed E-state index contributed by atoms with van der Waals surface area (Å²) < 4.78 is 0. The van der Waals surface area contributed by atoms with Crippen LogP contribution in [0.3, 0.4) is 0 Å². The van der Waals surface area contributed by atoms with Crippen molar-refractivity contribution in [3.8, 4) is 0 Å². The third-order valence-corrected chi connectivity index (χ3v) is 3.48. The highest BCUT2D eigenvalue weighted by Gasteiger charge is 2.14. The molecular weight excluding hydrogens is 238 g/mol. The van der Waals surface area contributed by atoms with E-state index in [4.69, 9.17) is 0 Å². The summed E-state index contributed by atoms with van der Waals surface area (Å²) in [7, 11) is 4.13. The zero-order valence-electron chi connectivity index (χ0n) is 11.8. The van der Waals surface area contributed by atoms with Crippen LogP contribution in [0.5, 0.6) is 0 Å². The fourth-order valence-corrected chi connectivity index (χ4v) is 2.45. The summed E-state index contributed by atoms with van der Waals surface area (Å²) in [5.74, 6) is 0.129. The van der Waals surface area contributed by atoms with E-state index in [0.717, 1.165) is 38.2 Å². The van der Waals surface area contributed by atoms with Gasteiger partial charge in [0, 0.05) is 18.7 Å². The van der Waals surface area contributed by atoms with Gasteiger partial charge >= 0.3 is 0 Å². The Balaban J connectivity index is 1.92. The molecule has 0 unspecified atom stereocenters. The van der Waals surface area contributed by atoms with E-state index in [2.05, 4.69) is 34.7 Å². The SMILES string of the molecule is CNCCCN(C)Cc1ccc2c(c1)CCC(=O)N2. The number of nitrogens with one attached hydrogen (secondary N) is 2. The molecule has 0 saturated heterocycles. The summed E-state index contributed by atoms with van der Waals surface area (Å²) in [5, 5.41) is 6.09. The number of aryl methyl sites for hydroxylation is 1. The maximum Gasteiger partial charge on any atom is 0.224 e. The summed E-state index contributed by atoms with van der Waals surface area (Å²) in [6.07, 6.45) is 2.63. The van der Waals surface area contributed by atoms with E-state index in [1.54, 1.807) is 0 Å². The van der Waals surface area contributed by atoms with Crippen LogP contribution in [0, 0.1) is 0 Å². The molecule has 1 heterocycles. The first-order valence-electron chi connectivity index (χ1n) is 6.94. The Kier molecular flexibility index (Phi) is 4.93. The lowest BCUT2D eigenvalue weighted by atomic mass is 10.0. The Morgan fingerprint density at radius 2 is 2.21 bits per heavy atom. The number of anilines is 1. The molecule has 2 N–H and O–H groups in total. The largest absolute Gasteiger partial charge is 0.326 e. The van der Waals surface area contributed by atoms with Gasteiger partial charge in [0.25, 0.3) is 0 Å². The Bertz CT molecular complexity index is 445. The first kappa shape index (κ1) is 14.0. The zero-order chi connectivity index (χ0) is 13.7. The summed E-state index contributed by atoms with van der Waals surface area (Å²) in [5.41, 5.74) is 3.57. The molecule has 1 aromatic carbocycles. The molecule has 0 aliphatic carbocycles. The molecule has 0 atom stereocenters. The summed E-state index contributed by atoms with van der Waals surface area (Å²) in [6.45, 7) is 3.11. The van der Waals surface area contributed by atoms with Crippen molar-refractivity contribution in [3.05, 3.63) is 29.3 Å². The van der Waals surface area contributed by atoms with Crippen LogP contribution in [0.25, 0.3) is 0 Å². The molecule has 0 fully saturated rings. The van der Waals surface area contributed by atoms with Gasteiger partial charge in [0.2, 0.25) is 5.91 Å². The van der Waals surface area contributed by atoms with Crippen molar-refractivity contribution in [1.29, 1.82) is 0 Å². The molecule has 1 aliphatic heterocycles. The normalized spacial score (nSPS) is 14.4. The van der Waals surface area contributed by atoms with E-state index in [9.17, 15) is 4.79 Å². The van der Waals surface area contributed by atoms with Crippen molar-refractivity contribution >= 4 is 11.6 Å². The number of carbonyl (C=O) groups excluding carboxylic acids is 1. The maximum atomic E-state index is 11.3. The molecular formula is C15H23N3O. The average molecular weight is 261 g/mol. The van der Waals surface area contributed by atoms with Gasteiger partial charge in [-0.1, -0.05) is 12.1 Å². The number of carbonyl (C=O) groups is 1. The Hall–Kier alpha value is -1.39. The summed E-state index contributed by atoms with van der Waals surface area (Å²) in [4.78, 5) is 13.6. The predicted molar refractivity (Wildman–Crippen MR) is 78.3 cm³/mol. The predicted octanol–water partition coefficient (Wildman–Crippen LogP) is 1.61. The van der Waals surface area contributed by atoms with Crippen molar-refractivity contribution in [1.82, 2.24) is 10.2 Å². The standard InChI is InChI=1S/C15H23N3O/c1-16-8-3-9-18(2)11-12-4-6-14-13(10-12)5-7-15(19)17-14/h4,6,10,16H,3,5,7-9,11H2,1-2H3,(H,17,19). The molecule has 19 heavy (non-hydrogen) atoms.